The molecule has 0 bridgehead atoms. The van der Waals surface area contributed by atoms with Gasteiger partial charge in [0.1, 0.15) is 25.2 Å². The van der Waals surface area contributed by atoms with Gasteiger partial charge in [0.15, 0.2) is 14.7 Å². The molecule has 0 spiro atoms. The van der Waals surface area contributed by atoms with Gasteiger partial charge in [0.2, 0.25) is 6.33 Å². The fraction of sp³-hybridized carbons (Fsp3) is 0.450. The summed E-state index contributed by atoms with van der Waals surface area (Å²) >= 11 is 11.1. The third-order valence-electron chi connectivity index (χ3n) is 4.57. The SMILES string of the molecule is Br.C[n+]1ccn(CCCC(=O)O[C@H](c2ccc(S(C)(=O)=O)cc2)[C@@H](CF)NC(=O)C(Cl)Cl)c1. The Hall–Kier alpha value is -1.69. The molecule has 0 radical (unpaired) electrons. The molecular formula is C20H26BrCl2FN3O5S+. The average molecular weight is 590 g/mol. The summed E-state index contributed by atoms with van der Waals surface area (Å²) in [5, 5.41) is 2.32. The molecule has 13 heteroatoms. The minimum atomic E-state index is -3.45. The van der Waals surface area contributed by atoms with E-state index in [1.165, 1.54) is 24.3 Å². The van der Waals surface area contributed by atoms with E-state index in [9.17, 15) is 22.4 Å². The van der Waals surface area contributed by atoms with Crippen molar-refractivity contribution in [2.45, 2.75) is 41.3 Å². The van der Waals surface area contributed by atoms with Gasteiger partial charge in [-0.15, -0.1) is 17.0 Å². The van der Waals surface area contributed by atoms with Crippen molar-refractivity contribution in [3.05, 3.63) is 48.5 Å². The summed E-state index contributed by atoms with van der Waals surface area (Å²) in [5.74, 6) is -1.44. The molecule has 33 heavy (non-hydrogen) atoms. The number of aryl methyl sites for hydroxylation is 2. The molecule has 2 rings (SSSR count). The Morgan fingerprint density at radius 3 is 2.36 bits per heavy atom. The van der Waals surface area contributed by atoms with Crippen LogP contribution in [0.1, 0.15) is 24.5 Å². The fourth-order valence-corrected chi connectivity index (χ4v) is 3.73. The van der Waals surface area contributed by atoms with Crippen LogP contribution in [0.2, 0.25) is 0 Å². The minimum absolute atomic E-state index is 0. The molecule has 1 heterocycles. The first-order valence-electron chi connectivity index (χ1n) is 9.66. The summed E-state index contributed by atoms with van der Waals surface area (Å²) in [4.78, 5) is 23.0. The number of carbonyl (C=O) groups is 2. The van der Waals surface area contributed by atoms with E-state index in [1.54, 1.807) is 0 Å². The summed E-state index contributed by atoms with van der Waals surface area (Å²) < 4.78 is 46.5. The van der Waals surface area contributed by atoms with E-state index in [0.29, 0.717) is 18.5 Å². The average Bonchev–Trinajstić information content (AvgIpc) is 3.14. The van der Waals surface area contributed by atoms with Crippen molar-refractivity contribution in [3.8, 4) is 0 Å². The summed E-state index contributed by atoms with van der Waals surface area (Å²) in [6, 6.07) is 4.18. The highest BCUT2D eigenvalue weighted by atomic mass is 79.9. The molecule has 1 amide bonds. The van der Waals surface area contributed by atoms with Gasteiger partial charge in [0.05, 0.1) is 24.5 Å². The first kappa shape index (κ1) is 29.3. The topological polar surface area (TPSA) is 98.3 Å². The van der Waals surface area contributed by atoms with Crippen LogP contribution in [0.5, 0.6) is 0 Å². The van der Waals surface area contributed by atoms with Crippen molar-refractivity contribution in [2.75, 3.05) is 12.9 Å². The zero-order chi connectivity index (χ0) is 23.9. The number of alkyl halides is 3. The molecule has 184 valence electrons. The predicted molar refractivity (Wildman–Crippen MR) is 127 cm³/mol. The number of nitrogens with zero attached hydrogens (tertiary/aromatic N) is 2. The summed E-state index contributed by atoms with van der Waals surface area (Å²) in [5.41, 5.74) is 0.312. The maximum Gasteiger partial charge on any atom is 0.306 e. The number of rotatable bonds is 11. The van der Waals surface area contributed by atoms with Crippen LogP contribution in [0.3, 0.4) is 0 Å². The minimum Gasteiger partial charge on any atom is -0.455 e. The highest BCUT2D eigenvalue weighted by Gasteiger charge is 2.30. The normalized spacial score (nSPS) is 13.2. The maximum atomic E-state index is 13.8. The molecule has 2 atom stereocenters. The summed E-state index contributed by atoms with van der Waals surface area (Å²) in [6.45, 7) is -0.495. The predicted octanol–water partition coefficient (Wildman–Crippen LogP) is 2.62. The number of esters is 1. The lowest BCUT2D eigenvalue weighted by atomic mass is 10.0. The van der Waals surface area contributed by atoms with Crippen LogP contribution < -0.4 is 9.88 Å². The Kier molecular flexibility index (Phi) is 11.8. The lowest BCUT2D eigenvalue weighted by Gasteiger charge is -2.26. The second-order valence-electron chi connectivity index (χ2n) is 7.24. The van der Waals surface area contributed by atoms with Crippen molar-refractivity contribution < 1.29 is 31.7 Å². The maximum absolute atomic E-state index is 13.8. The van der Waals surface area contributed by atoms with E-state index in [2.05, 4.69) is 5.32 Å². The lowest BCUT2D eigenvalue weighted by Crippen LogP contribution is -2.44. The zero-order valence-corrected chi connectivity index (χ0v) is 22.0. The van der Waals surface area contributed by atoms with Crippen molar-refractivity contribution in [3.63, 3.8) is 0 Å². The van der Waals surface area contributed by atoms with E-state index in [4.69, 9.17) is 27.9 Å². The van der Waals surface area contributed by atoms with E-state index < -0.39 is 45.4 Å². The molecule has 1 aromatic heterocycles. The van der Waals surface area contributed by atoms with Crippen molar-refractivity contribution in [1.29, 1.82) is 0 Å². The lowest BCUT2D eigenvalue weighted by molar-refractivity contribution is -0.671. The molecular weight excluding hydrogens is 564 g/mol. The number of halogens is 4. The Morgan fingerprint density at radius 1 is 1.24 bits per heavy atom. The Balaban J connectivity index is 0.00000544. The van der Waals surface area contributed by atoms with Crippen LogP contribution in [0.25, 0.3) is 0 Å². The highest BCUT2D eigenvalue weighted by molar-refractivity contribution is 8.93. The molecule has 2 aromatic rings. The molecule has 0 saturated carbocycles. The van der Waals surface area contributed by atoms with Gasteiger partial charge in [-0.25, -0.2) is 21.9 Å². The van der Waals surface area contributed by atoms with Gasteiger partial charge in [-0.05, 0) is 24.1 Å². The fourth-order valence-electron chi connectivity index (χ4n) is 2.97. The Labute approximate surface area is 212 Å². The van der Waals surface area contributed by atoms with Gasteiger partial charge in [-0.3, -0.25) is 9.59 Å². The molecule has 0 aliphatic heterocycles. The standard InChI is InChI=1S/C20H24Cl2FN3O5S.BrH/c1-25-10-11-26(13-25)9-3-4-17(27)31-18(16(12-23)24-20(28)19(21)22)14-5-7-15(8-6-14)32(2,29)30;/h5-8,10-11,13,16,18-19H,3-4,9,12H2,1-2H3;1H/p+1/t16-,18-;/m1./s1. The monoisotopic (exact) mass is 588 g/mol. The van der Waals surface area contributed by atoms with Gasteiger partial charge in [0.25, 0.3) is 5.91 Å². The molecule has 8 nitrogen and oxygen atoms in total. The molecule has 0 aliphatic carbocycles. The van der Waals surface area contributed by atoms with Crippen LogP contribution in [-0.2, 0) is 37.8 Å². The van der Waals surface area contributed by atoms with Crippen LogP contribution in [-0.4, -0.2) is 48.7 Å². The van der Waals surface area contributed by atoms with Gasteiger partial charge < -0.3 is 10.1 Å². The Morgan fingerprint density at radius 2 is 1.88 bits per heavy atom. The number of carbonyl (C=O) groups excluding carboxylic acids is 2. The summed E-state index contributed by atoms with van der Waals surface area (Å²) in [7, 11) is -1.57. The van der Waals surface area contributed by atoms with E-state index in [1.807, 2.05) is 34.9 Å². The highest BCUT2D eigenvalue weighted by Crippen LogP contribution is 2.25. The number of sulfone groups is 1. The third-order valence-corrected chi connectivity index (χ3v) is 6.10. The van der Waals surface area contributed by atoms with Crippen LogP contribution in [0.4, 0.5) is 4.39 Å². The number of nitrogens with one attached hydrogen (secondary N) is 1. The number of hydrogen-bond acceptors (Lipinski definition) is 5. The number of amides is 1. The van der Waals surface area contributed by atoms with Crippen molar-refractivity contribution in [1.82, 2.24) is 9.88 Å². The number of aromatic nitrogens is 2. The number of hydrogen-bond donors (Lipinski definition) is 1. The molecule has 1 aromatic carbocycles. The number of imidazole rings is 1. The molecule has 0 saturated heterocycles. The van der Waals surface area contributed by atoms with Gasteiger partial charge in [-0.1, -0.05) is 35.3 Å². The van der Waals surface area contributed by atoms with Crippen molar-refractivity contribution in [2.24, 2.45) is 7.05 Å². The zero-order valence-electron chi connectivity index (χ0n) is 18.0. The van der Waals surface area contributed by atoms with Gasteiger partial charge in [0, 0.05) is 12.7 Å². The van der Waals surface area contributed by atoms with E-state index in [-0.39, 0.29) is 28.3 Å². The first-order chi connectivity index (χ1) is 15.0. The van der Waals surface area contributed by atoms with E-state index >= 15 is 0 Å². The molecule has 1 N–H and O–H groups in total. The van der Waals surface area contributed by atoms with Gasteiger partial charge in [-0.2, -0.15) is 0 Å². The molecule has 0 aliphatic rings. The van der Waals surface area contributed by atoms with Crippen LogP contribution in [0.15, 0.2) is 47.9 Å². The molecule has 0 unspecified atom stereocenters. The Bertz CT molecular complexity index is 1030. The number of ether oxygens (including phenoxy) is 1. The third kappa shape index (κ3) is 9.23. The quantitative estimate of drug-likeness (QED) is 0.247. The molecule has 0 fully saturated rings. The smallest absolute Gasteiger partial charge is 0.306 e. The van der Waals surface area contributed by atoms with Crippen LogP contribution >= 0.6 is 40.2 Å². The van der Waals surface area contributed by atoms with E-state index in [0.717, 1.165) is 6.26 Å². The largest absolute Gasteiger partial charge is 0.455 e. The first-order valence-corrected chi connectivity index (χ1v) is 12.4. The number of benzene rings is 1. The van der Waals surface area contributed by atoms with Crippen LogP contribution in [0, 0.1) is 0 Å². The second-order valence-corrected chi connectivity index (χ2v) is 10.4. The van der Waals surface area contributed by atoms with Gasteiger partial charge >= 0.3 is 5.97 Å². The second kappa shape index (κ2) is 13.3. The summed E-state index contributed by atoms with van der Waals surface area (Å²) in [6.07, 6.45) is 5.97. The van der Waals surface area contributed by atoms with Crippen molar-refractivity contribution >= 4 is 61.9 Å².